The molecule has 0 N–H and O–H groups in total. The minimum atomic E-state index is 0.337. The first-order valence-electron chi connectivity index (χ1n) is 11.9. The number of hydrogen-bond acceptors (Lipinski definition) is 4. The van der Waals surface area contributed by atoms with Gasteiger partial charge in [0, 0.05) is 73.5 Å². The van der Waals surface area contributed by atoms with E-state index in [0.717, 1.165) is 12.1 Å². The highest BCUT2D eigenvalue weighted by Gasteiger charge is 2.50. The summed E-state index contributed by atoms with van der Waals surface area (Å²) in [5.41, 5.74) is 1.38. The van der Waals surface area contributed by atoms with E-state index in [0.29, 0.717) is 22.2 Å². The zero-order valence-corrected chi connectivity index (χ0v) is 21.9. The average Bonchev–Trinajstić information content (AvgIpc) is 2.51. The van der Waals surface area contributed by atoms with E-state index in [2.05, 4.69) is 103 Å². The first-order valence-corrected chi connectivity index (χ1v) is 11.9. The molecule has 0 radical (unpaired) electrons. The van der Waals surface area contributed by atoms with Crippen molar-refractivity contribution in [3.05, 3.63) is 0 Å². The molecule has 0 aromatic rings. The normalized spacial score (nSPS) is 28.6. The van der Waals surface area contributed by atoms with Gasteiger partial charge in [-0.3, -0.25) is 19.6 Å². The second-order valence-corrected chi connectivity index (χ2v) is 13.5. The summed E-state index contributed by atoms with van der Waals surface area (Å²) in [6, 6.07) is 1.62. The summed E-state index contributed by atoms with van der Waals surface area (Å²) in [5.74, 6) is 0. The molecule has 4 nitrogen and oxygen atoms in total. The van der Waals surface area contributed by atoms with E-state index < -0.39 is 0 Å². The van der Waals surface area contributed by atoms with Gasteiger partial charge in [-0.25, -0.2) is 0 Å². The van der Waals surface area contributed by atoms with Crippen molar-refractivity contribution in [2.24, 2.45) is 0 Å². The first kappa shape index (κ1) is 25.1. The van der Waals surface area contributed by atoms with Crippen LogP contribution in [0.5, 0.6) is 0 Å². The fourth-order valence-electron chi connectivity index (χ4n) is 5.30. The van der Waals surface area contributed by atoms with Crippen LogP contribution in [-0.2, 0) is 0 Å². The lowest BCUT2D eigenvalue weighted by molar-refractivity contribution is -0.137. The summed E-state index contributed by atoms with van der Waals surface area (Å²) in [4.78, 5) is 10.5. The first-order chi connectivity index (χ1) is 12.9. The number of rotatable bonds is 0. The Balaban J connectivity index is 0.000000208. The van der Waals surface area contributed by atoms with E-state index in [1.54, 1.807) is 0 Å². The number of piperazine rings is 2. The Labute approximate surface area is 183 Å². The van der Waals surface area contributed by atoms with Crippen LogP contribution < -0.4 is 0 Å². The molecule has 2 bridgehead atoms. The summed E-state index contributed by atoms with van der Waals surface area (Å²) in [6.45, 7) is 35.2. The van der Waals surface area contributed by atoms with Gasteiger partial charge in [-0.05, 0) is 89.5 Å². The lowest BCUT2D eigenvalue weighted by Crippen LogP contribution is -2.74. The van der Waals surface area contributed by atoms with Crippen LogP contribution in [-0.4, -0.2) is 93.1 Å². The van der Waals surface area contributed by atoms with Crippen molar-refractivity contribution in [2.45, 2.75) is 124 Å². The molecule has 0 spiro atoms. The SMILES string of the molecule is CC(C)(C)N1CC2CC(C1)N2C(C)(C)C.CC(C)(C)N1CCN(C(C)(C)C)CC1. The highest BCUT2D eigenvalue weighted by Crippen LogP contribution is 2.40. The van der Waals surface area contributed by atoms with Gasteiger partial charge in [0.1, 0.15) is 0 Å². The van der Waals surface area contributed by atoms with Gasteiger partial charge in [0.2, 0.25) is 0 Å². The lowest BCUT2D eigenvalue weighted by atomic mass is 9.80. The summed E-state index contributed by atoms with van der Waals surface area (Å²) in [5, 5.41) is 0. The summed E-state index contributed by atoms with van der Waals surface area (Å²) < 4.78 is 0. The van der Waals surface area contributed by atoms with Gasteiger partial charge in [0.05, 0.1) is 0 Å². The molecule has 29 heavy (non-hydrogen) atoms. The third kappa shape index (κ3) is 6.41. The smallest absolute Gasteiger partial charge is 0.0247 e. The molecule has 0 aliphatic carbocycles. The Bertz CT molecular complexity index is 487. The van der Waals surface area contributed by atoms with E-state index in [4.69, 9.17) is 0 Å². The monoisotopic (exact) mass is 408 g/mol. The quantitative estimate of drug-likeness (QED) is 0.583. The number of piperidine rings is 1. The molecule has 4 fully saturated rings. The van der Waals surface area contributed by atoms with Crippen LogP contribution in [0.2, 0.25) is 0 Å². The zero-order valence-electron chi connectivity index (χ0n) is 21.9. The van der Waals surface area contributed by atoms with Crippen molar-refractivity contribution >= 4 is 0 Å². The minimum Gasteiger partial charge on any atom is -0.296 e. The standard InChI is InChI=1S/C13H26N2.C12H26N2/c1-12(2,3)14-8-10-7-11(9-14)15(10)13(4,5)6;1-11(2,3)13-7-9-14(10-8-13)12(4,5)6/h10-11H,7-9H2,1-6H3;7-10H2,1-6H3. The van der Waals surface area contributed by atoms with E-state index in [1.807, 2.05) is 0 Å². The van der Waals surface area contributed by atoms with Gasteiger partial charge in [-0.15, -0.1) is 0 Å². The van der Waals surface area contributed by atoms with Crippen LogP contribution in [0.1, 0.15) is 89.5 Å². The second kappa shape index (κ2) is 8.41. The molecule has 0 aromatic carbocycles. The number of fused-ring (bicyclic) bond motifs is 2. The van der Waals surface area contributed by atoms with Gasteiger partial charge in [-0.1, -0.05) is 0 Å². The van der Waals surface area contributed by atoms with Crippen molar-refractivity contribution < 1.29 is 0 Å². The predicted molar refractivity (Wildman–Crippen MR) is 128 cm³/mol. The van der Waals surface area contributed by atoms with Gasteiger partial charge in [0.25, 0.3) is 0 Å². The largest absolute Gasteiger partial charge is 0.296 e. The topological polar surface area (TPSA) is 13.0 Å². The molecule has 0 amide bonds. The molecule has 0 aromatic heterocycles. The highest BCUT2D eigenvalue weighted by molar-refractivity contribution is 5.07. The Kier molecular flexibility index (Phi) is 7.28. The van der Waals surface area contributed by atoms with Crippen LogP contribution in [0.15, 0.2) is 0 Å². The van der Waals surface area contributed by atoms with Crippen LogP contribution >= 0.6 is 0 Å². The van der Waals surface area contributed by atoms with Gasteiger partial charge >= 0.3 is 0 Å². The fourth-order valence-corrected chi connectivity index (χ4v) is 5.30. The van der Waals surface area contributed by atoms with Crippen molar-refractivity contribution in [3.8, 4) is 0 Å². The van der Waals surface area contributed by atoms with Crippen molar-refractivity contribution in [1.29, 1.82) is 0 Å². The molecule has 0 saturated carbocycles. The Morgan fingerprint density at radius 2 is 0.759 bits per heavy atom. The molecule has 4 saturated heterocycles. The molecule has 4 rings (SSSR count). The van der Waals surface area contributed by atoms with Crippen molar-refractivity contribution in [2.75, 3.05) is 39.3 Å². The Hall–Kier alpha value is -0.160. The number of hydrogen-bond donors (Lipinski definition) is 0. The van der Waals surface area contributed by atoms with E-state index in [9.17, 15) is 0 Å². The van der Waals surface area contributed by atoms with Crippen LogP contribution in [0.3, 0.4) is 0 Å². The summed E-state index contributed by atoms with van der Waals surface area (Å²) in [6.07, 6.45) is 1.42. The average molecular weight is 409 g/mol. The summed E-state index contributed by atoms with van der Waals surface area (Å²) >= 11 is 0. The Morgan fingerprint density at radius 3 is 1.00 bits per heavy atom. The Morgan fingerprint density at radius 1 is 0.448 bits per heavy atom. The minimum absolute atomic E-state index is 0.337. The van der Waals surface area contributed by atoms with Gasteiger partial charge in [0.15, 0.2) is 0 Å². The van der Waals surface area contributed by atoms with Crippen LogP contribution in [0.4, 0.5) is 0 Å². The maximum atomic E-state index is 2.72. The molecule has 4 heterocycles. The zero-order chi connectivity index (χ0) is 22.4. The predicted octanol–water partition coefficient (Wildman–Crippen LogP) is 4.54. The van der Waals surface area contributed by atoms with Gasteiger partial charge in [-0.2, -0.15) is 0 Å². The molecule has 172 valence electrons. The third-order valence-corrected chi connectivity index (χ3v) is 7.09. The molecule has 2 atom stereocenters. The molecular formula is C25H52N4. The van der Waals surface area contributed by atoms with Crippen LogP contribution in [0, 0.1) is 0 Å². The van der Waals surface area contributed by atoms with E-state index in [-0.39, 0.29) is 0 Å². The molecular weight excluding hydrogens is 356 g/mol. The number of nitrogens with zero attached hydrogens (tertiary/aromatic N) is 4. The van der Waals surface area contributed by atoms with Crippen molar-refractivity contribution in [1.82, 2.24) is 19.6 Å². The molecule has 4 aliphatic rings. The fraction of sp³-hybridized carbons (Fsp3) is 1.00. The summed E-state index contributed by atoms with van der Waals surface area (Å²) in [7, 11) is 0. The van der Waals surface area contributed by atoms with E-state index in [1.165, 1.54) is 45.7 Å². The maximum absolute atomic E-state index is 2.72. The highest BCUT2D eigenvalue weighted by atomic mass is 15.4. The van der Waals surface area contributed by atoms with Crippen LogP contribution in [0.25, 0.3) is 0 Å². The van der Waals surface area contributed by atoms with Gasteiger partial charge < -0.3 is 0 Å². The van der Waals surface area contributed by atoms with E-state index >= 15 is 0 Å². The van der Waals surface area contributed by atoms with Crippen molar-refractivity contribution in [3.63, 3.8) is 0 Å². The second-order valence-electron chi connectivity index (χ2n) is 13.5. The third-order valence-electron chi connectivity index (χ3n) is 7.09. The molecule has 4 heteroatoms. The molecule has 2 unspecified atom stereocenters. The lowest BCUT2D eigenvalue weighted by Gasteiger charge is -2.63. The maximum Gasteiger partial charge on any atom is 0.0247 e. The molecule has 4 aliphatic heterocycles.